The molecule has 1 saturated heterocycles. The molecule has 0 spiro atoms. The maximum Gasteiger partial charge on any atom is 0.410 e. The molecule has 14 heteroatoms. The zero-order chi connectivity index (χ0) is 30.9. The number of nitrogens with zero attached hydrogens (tertiary/aromatic N) is 3. The number of furan rings is 1. The van der Waals surface area contributed by atoms with Crippen LogP contribution < -0.4 is 5.32 Å². The van der Waals surface area contributed by atoms with Crippen LogP contribution in [0.3, 0.4) is 0 Å². The second-order valence-corrected chi connectivity index (χ2v) is 12.8. The van der Waals surface area contributed by atoms with E-state index in [1.165, 1.54) is 21.8 Å². The van der Waals surface area contributed by atoms with E-state index in [9.17, 15) is 19.8 Å². The number of benzene rings is 1. The van der Waals surface area contributed by atoms with Crippen molar-refractivity contribution in [2.45, 2.75) is 63.3 Å². The van der Waals surface area contributed by atoms with E-state index in [4.69, 9.17) is 55.6 Å². The molecule has 0 aliphatic carbocycles. The highest BCUT2D eigenvalue weighted by Gasteiger charge is 2.42. The molecule has 4 atom stereocenters. The first-order valence-corrected chi connectivity index (χ1v) is 14.7. The Kier molecular flexibility index (Phi) is 10.1. The fraction of sp³-hybridized carbons (Fsp3) is 0.464. The number of aliphatic hydroxyl groups is 2. The lowest BCUT2D eigenvalue weighted by Crippen LogP contribution is -2.58. The number of aryl methyl sites for hydroxylation is 1. The van der Waals surface area contributed by atoms with Gasteiger partial charge in [0.1, 0.15) is 5.60 Å². The number of aromatic nitrogens is 2. The maximum absolute atomic E-state index is 13.6. The summed E-state index contributed by atoms with van der Waals surface area (Å²) in [5.41, 5.74) is 0.856. The summed E-state index contributed by atoms with van der Waals surface area (Å²) in [6.45, 7) is 4.80. The zero-order valence-electron chi connectivity index (χ0n) is 23.4. The van der Waals surface area contributed by atoms with Gasteiger partial charge < -0.3 is 29.6 Å². The number of carbonyl (C=O) groups excluding carboxylic acids is 2. The minimum atomic E-state index is -1.07. The second kappa shape index (κ2) is 13.0. The van der Waals surface area contributed by atoms with Crippen LogP contribution in [0.1, 0.15) is 55.6 Å². The van der Waals surface area contributed by atoms with E-state index in [1.807, 2.05) is 0 Å². The van der Waals surface area contributed by atoms with Gasteiger partial charge in [0.05, 0.1) is 51.3 Å². The summed E-state index contributed by atoms with van der Waals surface area (Å²) in [5.74, 6) is -1.01. The predicted molar refractivity (Wildman–Crippen MR) is 160 cm³/mol. The van der Waals surface area contributed by atoms with Gasteiger partial charge in [-0.15, -0.1) is 0 Å². The molecule has 3 heterocycles. The molecular formula is C28H32Cl4N4O6. The minimum Gasteiger partial charge on any atom is -0.444 e. The molecule has 1 aliphatic rings. The van der Waals surface area contributed by atoms with Gasteiger partial charge in [0, 0.05) is 31.6 Å². The van der Waals surface area contributed by atoms with Gasteiger partial charge >= 0.3 is 6.09 Å². The number of carbonyl (C=O) groups is 2. The fourth-order valence-electron chi connectivity index (χ4n) is 5.08. The quantitative estimate of drug-likeness (QED) is 0.286. The van der Waals surface area contributed by atoms with Crippen molar-refractivity contribution in [3.63, 3.8) is 0 Å². The van der Waals surface area contributed by atoms with Gasteiger partial charge in [-0.05, 0) is 62.9 Å². The summed E-state index contributed by atoms with van der Waals surface area (Å²) in [6, 6.07) is 5.48. The molecule has 2 unspecified atom stereocenters. The Bertz CT molecular complexity index is 1430. The lowest BCUT2D eigenvalue weighted by Gasteiger charge is -2.45. The molecule has 1 fully saturated rings. The molecule has 0 bridgehead atoms. The van der Waals surface area contributed by atoms with E-state index < -0.39 is 42.4 Å². The number of rotatable bonds is 7. The number of amides is 2. The van der Waals surface area contributed by atoms with Crippen LogP contribution in [-0.2, 0) is 11.8 Å². The van der Waals surface area contributed by atoms with Crippen LogP contribution in [0.5, 0.6) is 0 Å². The van der Waals surface area contributed by atoms with Gasteiger partial charge in [-0.1, -0.05) is 40.9 Å². The standard InChI is InChI=1S/C28H32Cl4N4O6/c1-28(2,3)42-27(40)36-12-22(17(9-15(36)8-16(38)13-37)14-5-6-19(29)20(30)7-14)34-26(39)23-10-18(25(32)41-23)24-21(31)11-33-35(24)4/h5-7,10-11,15-17,22,37-38H,8-9,12-13H2,1-4H3,(H,34,39)/t15?,16?,17-,22+/m0/s1. The molecular weight excluding hydrogens is 630 g/mol. The normalized spacial score (nSPS) is 20.0. The Morgan fingerprint density at radius 1 is 1.17 bits per heavy atom. The third kappa shape index (κ3) is 7.35. The van der Waals surface area contributed by atoms with E-state index in [0.29, 0.717) is 32.7 Å². The summed E-state index contributed by atoms with van der Waals surface area (Å²) < 4.78 is 12.8. The van der Waals surface area contributed by atoms with Gasteiger partial charge in [-0.3, -0.25) is 9.48 Å². The van der Waals surface area contributed by atoms with Crippen LogP contribution in [0.25, 0.3) is 11.3 Å². The summed E-state index contributed by atoms with van der Waals surface area (Å²) in [5, 5.41) is 27.9. The number of hydrogen-bond donors (Lipinski definition) is 3. The van der Waals surface area contributed by atoms with Crippen molar-refractivity contribution < 1.29 is 29.0 Å². The largest absolute Gasteiger partial charge is 0.444 e. The molecule has 2 aromatic heterocycles. The van der Waals surface area contributed by atoms with Crippen molar-refractivity contribution in [1.82, 2.24) is 20.0 Å². The van der Waals surface area contributed by atoms with Gasteiger partial charge in [-0.25, -0.2) is 4.79 Å². The maximum atomic E-state index is 13.6. The lowest BCUT2D eigenvalue weighted by atomic mass is 9.80. The number of aliphatic hydroxyl groups excluding tert-OH is 2. The summed E-state index contributed by atoms with van der Waals surface area (Å²) in [7, 11) is 1.68. The average molecular weight is 662 g/mol. The molecule has 3 N–H and O–H groups in total. The summed E-state index contributed by atoms with van der Waals surface area (Å²) in [6.07, 6.45) is 0.186. The number of piperidine rings is 1. The van der Waals surface area contributed by atoms with Gasteiger partial charge in [0.15, 0.2) is 5.76 Å². The Morgan fingerprint density at radius 2 is 1.88 bits per heavy atom. The SMILES string of the molecule is Cn1ncc(Cl)c1-c1cc(C(=O)N[C@@H]2CN(C(=O)OC(C)(C)C)C(CC(O)CO)C[C@H]2c2ccc(Cl)c(Cl)c2)oc1Cl. The van der Waals surface area contributed by atoms with Crippen LogP contribution in [0, 0.1) is 0 Å². The van der Waals surface area contributed by atoms with Crippen LogP contribution in [0.15, 0.2) is 34.9 Å². The number of ether oxygens (including phenoxy) is 1. The van der Waals surface area contributed by atoms with Crippen LogP contribution in [-0.4, -0.2) is 73.8 Å². The van der Waals surface area contributed by atoms with Crippen molar-refractivity contribution in [3.05, 3.63) is 62.1 Å². The Balaban J connectivity index is 1.69. The minimum absolute atomic E-state index is 0.0310. The fourth-order valence-corrected chi connectivity index (χ4v) is 5.88. The third-order valence-corrected chi connectivity index (χ3v) is 8.27. The molecule has 228 valence electrons. The number of likely N-dealkylation sites (tertiary alicyclic amines) is 1. The Labute approximate surface area is 263 Å². The van der Waals surface area contributed by atoms with Crippen LogP contribution in [0.4, 0.5) is 4.79 Å². The van der Waals surface area contributed by atoms with Gasteiger partial charge in [-0.2, -0.15) is 5.10 Å². The van der Waals surface area contributed by atoms with E-state index >= 15 is 0 Å². The van der Waals surface area contributed by atoms with E-state index in [2.05, 4.69) is 10.4 Å². The zero-order valence-corrected chi connectivity index (χ0v) is 26.4. The highest BCUT2D eigenvalue weighted by molar-refractivity contribution is 6.42. The van der Waals surface area contributed by atoms with Crippen molar-refractivity contribution in [2.24, 2.45) is 7.05 Å². The molecule has 0 saturated carbocycles. The van der Waals surface area contributed by atoms with Gasteiger partial charge in [0.25, 0.3) is 5.91 Å². The molecule has 1 aromatic carbocycles. The lowest BCUT2D eigenvalue weighted by molar-refractivity contribution is -0.00954. The molecule has 42 heavy (non-hydrogen) atoms. The van der Waals surface area contributed by atoms with Crippen molar-refractivity contribution in [3.8, 4) is 11.3 Å². The molecule has 0 radical (unpaired) electrons. The number of nitrogens with one attached hydrogen (secondary N) is 1. The molecule has 10 nitrogen and oxygen atoms in total. The monoisotopic (exact) mass is 660 g/mol. The van der Waals surface area contributed by atoms with E-state index in [1.54, 1.807) is 46.0 Å². The molecule has 4 rings (SSSR count). The predicted octanol–water partition coefficient (Wildman–Crippen LogP) is 5.93. The summed E-state index contributed by atoms with van der Waals surface area (Å²) in [4.78, 5) is 28.4. The highest BCUT2D eigenvalue weighted by atomic mass is 35.5. The highest BCUT2D eigenvalue weighted by Crippen LogP contribution is 2.38. The number of hydrogen-bond acceptors (Lipinski definition) is 7. The van der Waals surface area contributed by atoms with Crippen molar-refractivity contribution in [1.29, 1.82) is 0 Å². The van der Waals surface area contributed by atoms with E-state index in [0.717, 1.165) is 5.56 Å². The first-order chi connectivity index (χ1) is 19.7. The molecule has 3 aromatic rings. The first-order valence-electron chi connectivity index (χ1n) is 13.2. The van der Waals surface area contributed by atoms with Crippen LogP contribution >= 0.6 is 46.4 Å². The van der Waals surface area contributed by atoms with Crippen LogP contribution in [0.2, 0.25) is 20.3 Å². The van der Waals surface area contributed by atoms with Gasteiger partial charge in [0.2, 0.25) is 5.22 Å². The Hall–Kier alpha value is -2.47. The van der Waals surface area contributed by atoms with Crippen molar-refractivity contribution in [2.75, 3.05) is 13.2 Å². The Morgan fingerprint density at radius 3 is 2.48 bits per heavy atom. The smallest absolute Gasteiger partial charge is 0.410 e. The van der Waals surface area contributed by atoms with E-state index in [-0.39, 0.29) is 29.9 Å². The second-order valence-electron chi connectivity index (χ2n) is 11.2. The van der Waals surface area contributed by atoms with Crippen molar-refractivity contribution >= 4 is 58.4 Å². The number of halogens is 4. The third-order valence-electron chi connectivity index (χ3n) is 6.98. The topological polar surface area (TPSA) is 130 Å². The molecule has 1 aliphatic heterocycles. The first kappa shape index (κ1) is 32.4. The average Bonchev–Trinajstić information content (AvgIpc) is 3.45. The molecule has 2 amide bonds. The summed E-state index contributed by atoms with van der Waals surface area (Å²) >= 11 is 25.1.